The molecule has 0 unspecified atom stereocenters. The molecule has 2 heterocycles. The van der Waals surface area contributed by atoms with E-state index in [9.17, 15) is 23.5 Å². The molecule has 0 aliphatic heterocycles. The van der Waals surface area contributed by atoms with Crippen LogP contribution < -0.4 is 20.7 Å². The molecule has 0 spiro atoms. The predicted octanol–water partition coefficient (Wildman–Crippen LogP) is 3.98. The van der Waals surface area contributed by atoms with Crippen LogP contribution in [-0.4, -0.2) is 43.1 Å². The second-order valence-corrected chi connectivity index (χ2v) is 9.56. The monoisotopic (exact) mass is 562 g/mol. The molecule has 208 valence electrons. The molecule has 0 fully saturated rings. The maximum atomic E-state index is 13.4. The van der Waals surface area contributed by atoms with Crippen LogP contribution in [0.1, 0.15) is 31.2 Å². The van der Waals surface area contributed by atoms with Crippen molar-refractivity contribution in [3.63, 3.8) is 0 Å². The fourth-order valence-electron chi connectivity index (χ4n) is 4.23. The molecular weight excluding hydrogens is 534 g/mol. The zero-order chi connectivity index (χ0) is 28.2. The van der Waals surface area contributed by atoms with E-state index < -0.39 is 17.4 Å². The van der Waals surface area contributed by atoms with Crippen LogP contribution in [0.15, 0.2) is 58.1 Å². The molecule has 1 N–H and O–H groups in total. The van der Waals surface area contributed by atoms with Gasteiger partial charge in [-0.3, -0.25) is 13.9 Å². The van der Waals surface area contributed by atoms with Gasteiger partial charge in [0.05, 0.1) is 6.61 Å². The van der Waals surface area contributed by atoms with E-state index >= 15 is 0 Å². The molecule has 0 radical (unpaired) electrons. The summed E-state index contributed by atoms with van der Waals surface area (Å²) >= 11 is 6.04. The van der Waals surface area contributed by atoms with Crippen LogP contribution in [0.2, 0.25) is 5.02 Å². The molecule has 12 heteroatoms. The summed E-state index contributed by atoms with van der Waals surface area (Å²) in [6.07, 6.45) is -2.14. The summed E-state index contributed by atoms with van der Waals surface area (Å²) in [7, 11) is 1.56. The summed E-state index contributed by atoms with van der Waals surface area (Å²) < 4.78 is 40.9. The maximum absolute atomic E-state index is 13.4. The van der Waals surface area contributed by atoms with Crippen LogP contribution in [-0.2, 0) is 26.6 Å². The van der Waals surface area contributed by atoms with Crippen molar-refractivity contribution in [2.24, 2.45) is 7.05 Å². The van der Waals surface area contributed by atoms with Gasteiger partial charge in [-0.1, -0.05) is 29.8 Å². The highest BCUT2D eigenvalue weighted by atomic mass is 35.5. The zero-order valence-corrected chi connectivity index (χ0v) is 22.3. The van der Waals surface area contributed by atoms with Crippen molar-refractivity contribution in [2.45, 2.75) is 45.4 Å². The number of ether oxygens (including phenoxy) is 2. The van der Waals surface area contributed by atoms with Gasteiger partial charge in [-0.2, -0.15) is 8.78 Å². The maximum Gasteiger partial charge on any atom is 0.394 e. The number of nitrogens with zero attached hydrogens (tertiary/aromatic N) is 4. The van der Waals surface area contributed by atoms with Gasteiger partial charge < -0.3 is 19.1 Å². The highest BCUT2D eigenvalue weighted by Gasteiger charge is 2.23. The van der Waals surface area contributed by atoms with Gasteiger partial charge in [0.15, 0.2) is 11.2 Å². The van der Waals surface area contributed by atoms with Crippen molar-refractivity contribution in [1.29, 1.82) is 0 Å². The van der Waals surface area contributed by atoms with Crippen LogP contribution in [0.5, 0.6) is 11.5 Å². The van der Waals surface area contributed by atoms with Crippen molar-refractivity contribution >= 4 is 22.8 Å². The van der Waals surface area contributed by atoms with Crippen LogP contribution in [0.3, 0.4) is 0 Å². The minimum atomic E-state index is -3.31. The molecule has 4 rings (SSSR count). The third-order valence-corrected chi connectivity index (χ3v) is 6.27. The molecule has 0 bridgehead atoms. The molecule has 0 aliphatic carbocycles. The first kappa shape index (κ1) is 28.3. The first-order valence-electron chi connectivity index (χ1n) is 12.4. The van der Waals surface area contributed by atoms with E-state index in [1.165, 1.54) is 16.7 Å². The van der Waals surface area contributed by atoms with Crippen LogP contribution in [0, 0.1) is 0 Å². The second-order valence-electron chi connectivity index (χ2n) is 9.13. The number of fused-ring (bicyclic) bond motifs is 1. The number of aromatic nitrogens is 4. The first-order valence-corrected chi connectivity index (χ1v) is 12.8. The SMILES string of the molecule is Cn1c(=O)n(CCCO)c(=O)c2c1nc(CCCOc1cccc(OC(C)(F)F)c1)n2Cc1ccc(Cl)cc1. The molecule has 0 atom stereocenters. The normalized spacial score (nSPS) is 11.7. The van der Waals surface area contributed by atoms with E-state index in [0.717, 1.165) is 10.1 Å². The summed E-state index contributed by atoms with van der Waals surface area (Å²) in [5.41, 5.74) is 0.449. The number of benzene rings is 2. The molecule has 0 aliphatic rings. The molecule has 0 saturated carbocycles. The molecule has 2 aromatic heterocycles. The van der Waals surface area contributed by atoms with E-state index in [0.29, 0.717) is 42.9 Å². The summed E-state index contributed by atoms with van der Waals surface area (Å²) in [6.45, 7) is 1.16. The van der Waals surface area contributed by atoms with Gasteiger partial charge in [-0.15, -0.1) is 0 Å². The molecule has 0 saturated heterocycles. The predicted molar refractivity (Wildman–Crippen MR) is 143 cm³/mol. The molecule has 4 aromatic rings. The number of hydrogen-bond acceptors (Lipinski definition) is 6. The Morgan fingerprint density at radius 1 is 1.05 bits per heavy atom. The van der Waals surface area contributed by atoms with E-state index in [-0.39, 0.29) is 43.1 Å². The fourth-order valence-corrected chi connectivity index (χ4v) is 4.36. The van der Waals surface area contributed by atoms with E-state index in [1.54, 1.807) is 35.9 Å². The third kappa shape index (κ3) is 6.85. The minimum absolute atomic E-state index is 0.0110. The number of aliphatic hydroxyl groups is 1. The number of aliphatic hydroxyl groups excluding tert-OH is 1. The molecule has 0 amide bonds. The lowest BCUT2D eigenvalue weighted by molar-refractivity contribution is -0.159. The van der Waals surface area contributed by atoms with Crippen LogP contribution in [0.4, 0.5) is 8.78 Å². The lowest BCUT2D eigenvalue weighted by Crippen LogP contribution is -2.40. The minimum Gasteiger partial charge on any atom is -0.493 e. The van der Waals surface area contributed by atoms with E-state index in [2.05, 4.69) is 9.72 Å². The Bertz CT molecular complexity index is 1560. The highest BCUT2D eigenvalue weighted by Crippen LogP contribution is 2.25. The number of hydrogen-bond donors (Lipinski definition) is 1. The Morgan fingerprint density at radius 2 is 1.77 bits per heavy atom. The summed E-state index contributed by atoms with van der Waals surface area (Å²) in [5.74, 6) is 0.946. The number of aryl methyl sites for hydroxylation is 2. The van der Waals surface area contributed by atoms with Gasteiger partial charge >= 0.3 is 11.8 Å². The van der Waals surface area contributed by atoms with Crippen molar-refractivity contribution in [3.05, 3.63) is 85.8 Å². The number of alkyl halides is 2. The molecular formula is C27H29ClF2N4O5. The first-order chi connectivity index (χ1) is 18.6. The Kier molecular flexibility index (Phi) is 8.71. The molecule has 2 aromatic carbocycles. The Morgan fingerprint density at radius 3 is 2.46 bits per heavy atom. The van der Waals surface area contributed by atoms with E-state index in [1.807, 2.05) is 12.1 Å². The molecule has 9 nitrogen and oxygen atoms in total. The Labute approximate surface area is 227 Å². The van der Waals surface area contributed by atoms with Crippen LogP contribution in [0.25, 0.3) is 11.2 Å². The topological polar surface area (TPSA) is 101 Å². The number of rotatable bonds is 12. The largest absolute Gasteiger partial charge is 0.493 e. The Balaban J connectivity index is 1.61. The highest BCUT2D eigenvalue weighted by molar-refractivity contribution is 6.30. The smallest absolute Gasteiger partial charge is 0.394 e. The molecule has 39 heavy (non-hydrogen) atoms. The average molecular weight is 563 g/mol. The summed E-state index contributed by atoms with van der Waals surface area (Å²) in [4.78, 5) is 30.9. The van der Waals surface area contributed by atoms with Gasteiger partial charge in [0.1, 0.15) is 17.3 Å². The summed E-state index contributed by atoms with van der Waals surface area (Å²) in [5, 5.41) is 9.81. The average Bonchev–Trinajstić information content (AvgIpc) is 3.24. The second kappa shape index (κ2) is 12.0. The third-order valence-electron chi connectivity index (χ3n) is 6.02. The van der Waals surface area contributed by atoms with Crippen molar-refractivity contribution in [3.8, 4) is 11.5 Å². The van der Waals surface area contributed by atoms with Gasteiger partial charge in [0.2, 0.25) is 0 Å². The zero-order valence-electron chi connectivity index (χ0n) is 21.6. The lowest BCUT2D eigenvalue weighted by atomic mass is 10.2. The standard InChI is InChI=1S/C27H29ClF2N4O5/c1-27(29,30)39-21-7-3-6-20(16-21)38-15-4-8-22-31-24-23(34(22)17-18-9-11-19(28)12-10-18)25(36)33(13-5-14-35)26(37)32(24)2/h3,6-7,9-12,16,35H,4-5,8,13-15,17H2,1-2H3. The van der Waals surface area contributed by atoms with Gasteiger partial charge in [-0.25, -0.2) is 9.78 Å². The van der Waals surface area contributed by atoms with Gasteiger partial charge in [0, 0.05) is 51.2 Å². The van der Waals surface area contributed by atoms with Gasteiger partial charge in [0.25, 0.3) is 5.56 Å². The van der Waals surface area contributed by atoms with Crippen molar-refractivity contribution in [1.82, 2.24) is 18.7 Å². The quantitative estimate of drug-likeness (QED) is 0.262. The van der Waals surface area contributed by atoms with Crippen LogP contribution >= 0.6 is 11.6 Å². The lowest BCUT2D eigenvalue weighted by Gasteiger charge is -2.14. The Hall–Kier alpha value is -3.70. The number of halogens is 3. The summed E-state index contributed by atoms with van der Waals surface area (Å²) in [6, 6.07) is 13.2. The van der Waals surface area contributed by atoms with Gasteiger partial charge in [-0.05, 0) is 42.7 Å². The van der Waals surface area contributed by atoms with Crippen molar-refractivity contribution in [2.75, 3.05) is 13.2 Å². The fraction of sp³-hybridized carbons (Fsp3) is 0.370. The number of imidazole rings is 1. The van der Waals surface area contributed by atoms with E-state index in [4.69, 9.17) is 16.3 Å². The van der Waals surface area contributed by atoms with Crippen molar-refractivity contribution < 1.29 is 23.4 Å².